The Labute approximate surface area is 115 Å². The number of nitrogens with zero attached hydrogens (tertiary/aromatic N) is 1. The maximum absolute atomic E-state index is 5.99. The Morgan fingerprint density at radius 3 is 2.62 bits per heavy atom. The molecule has 0 amide bonds. The molecule has 16 heavy (non-hydrogen) atoms. The first kappa shape index (κ1) is 11.9. The Morgan fingerprint density at radius 2 is 1.94 bits per heavy atom. The van der Waals surface area contributed by atoms with E-state index in [1.165, 1.54) is 0 Å². The van der Waals surface area contributed by atoms with Gasteiger partial charge in [-0.25, -0.2) is 4.98 Å². The van der Waals surface area contributed by atoms with Crippen molar-refractivity contribution in [3.63, 3.8) is 0 Å². The highest BCUT2D eigenvalue weighted by atomic mass is 79.9. The average molecular weight is 362 g/mol. The van der Waals surface area contributed by atoms with E-state index >= 15 is 0 Å². The van der Waals surface area contributed by atoms with Crippen molar-refractivity contribution in [3.8, 4) is 0 Å². The SMILES string of the molecule is Clc1cccc(Nc2ccc(Br)cn2)c1Br. The van der Waals surface area contributed by atoms with Crippen molar-refractivity contribution in [2.75, 3.05) is 5.32 Å². The van der Waals surface area contributed by atoms with Gasteiger partial charge in [0, 0.05) is 10.7 Å². The Balaban J connectivity index is 2.27. The second-order valence-corrected chi connectivity index (χ2v) is 5.20. The van der Waals surface area contributed by atoms with E-state index in [0.717, 1.165) is 20.5 Å². The first-order valence-corrected chi connectivity index (χ1v) is 6.46. The van der Waals surface area contributed by atoms with Crippen LogP contribution in [-0.2, 0) is 0 Å². The summed E-state index contributed by atoms with van der Waals surface area (Å²) < 4.78 is 1.78. The Bertz CT molecular complexity index is 500. The Kier molecular flexibility index (Phi) is 3.84. The van der Waals surface area contributed by atoms with Gasteiger partial charge in [0.05, 0.1) is 15.2 Å². The van der Waals surface area contributed by atoms with Crippen molar-refractivity contribution < 1.29 is 0 Å². The molecule has 2 aromatic rings. The number of benzene rings is 1. The summed E-state index contributed by atoms with van der Waals surface area (Å²) in [7, 11) is 0. The minimum atomic E-state index is 0.669. The van der Waals surface area contributed by atoms with Crippen molar-refractivity contribution in [2.24, 2.45) is 0 Å². The molecule has 0 aliphatic rings. The van der Waals surface area contributed by atoms with E-state index in [1.54, 1.807) is 6.20 Å². The van der Waals surface area contributed by atoms with Gasteiger partial charge in [0.25, 0.3) is 0 Å². The lowest BCUT2D eigenvalue weighted by Crippen LogP contribution is -1.93. The highest BCUT2D eigenvalue weighted by Gasteiger charge is 2.04. The lowest BCUT2D eigenvalue weighted by molar-refractivity contribution is 1.29. The van der Waals surface area contributed by atoms with Crippen LogP contribution in [0.25, 0.3) is 0 Å². The van der Waals surface area contributed by atoms with E-state index in [0.29, 0.717) is 5.02 Å². The first-order valence-electron chi connectivity index (χ1n) is 4.49. The van der Waals surface area contributed by atoms with Crippen LogP contribution in [-0.4, -0.2) is 4.98 Å². The number of aromatic nitrogens is 1. The number of halogens is 3. The summed E-state index contributed by atoms with van der Waals surface area (Å²) in [5.41, 5.74) is 0.891. The molecule has 2 nitrogen and oxygen atoms in total. The standard InChI is InChI=1S/C11H7Br2ClN2/c12-7-4-5-10(15-6-7)16-9-3-1-2-8(14)11(9)13/h1-6H,(H,15,16). The summed E-state index contributed by atoms with van der Waals surface area (Å²) in [6.45, 7) is 0. The maximum atomic E-state index is 5.99. The molecule has 0 aliphatic carbocycles. The quantitative estimate of drug-likeness (QED) is 0.813. The van der Waals surface area contributed by atoms with E-state index in [9.17, 15) is 0 Å². The molecular weight excluding hydrogens is 355 g/mol. The van der Waals surface area contributed by atoms with Crippen molar-refractivity contribution in [1.82, 2.24) is 4.98 Å². The van der Waals surface area contributed by atoms with Gasteiger partial charge < -0.3 is 5.32 Å². The fourth-order valence-electron chi connectivity index (χ4n) is 1.19. The van der Waals surface area contributed by atoms with Crippen LogP contribution in [0.4, 0.5) is 11.5 Å². The van der Waals surface area contributed by atoms with Crippen LogP contribution in [0.15, 0.2) is 45.5 Å². The molecule has 0 saturated heterocycles. The largest absolute Gasteiger partial charge is 0.339 e. The molecule has 0 spiro atoms. The van der Waals surface area contributed by atoms with Gasteiger partial charge in [0.2, 0.25) is 0 Å². The number of rotatable bonds is 2. The molecular formula is C11H7Br2ClN2. The zero-order valence-corrected chi connectivity index (χ0v) is 12.0. The highest BCUT2D eigenvalue weighted by Crippen LogP contribution is 2.31. The van der Waals surface area contributed by atoms with E-state index < -0.39 is 0 Å². The van der Waals surface area contributed by atoms with Gasteiger partial charge in [-0.05, 0) is 56.1 Å². The summed E-state index contributed by atoms with van der Waals surface area (Å²) in [5, 5.41) is 3.85. The van der Waals surface area contributed by atoms with Gasteiger partial charge in [0.1, 0.15) is 5.82 Å². The van der Waals surface area contributed by atoms with E-state index in [4.69, 9.17) is 11.6 Å². The van der Waals surface area contributed by atoms with Crippen LogP contribution in [0, 0.1) is 0 Å². The van der Waals surface area contributed by atoms with E-state index in [-0.39, 0.29) is 0 Å². The minimum Gasteiger partial charge on any atom is -0.339 e. The predicted octanol–water partition coefficient (Wildman–Crippen LogP) is 5.00. The van der Waals surface area contributed by atoms with E-state index in [2.05, 4.69) is 42.2 Å². The molecule has 0 aliphatic heterocycles. The molecule has 2 rings (SSSR count). The topological polar surface area (TPSA) is 24.9 Å². The van der Waals surface area contributed by atoms with Gasteiger partial charge in [-0.2, -0.15) is 0 Å². The van der Waals surface area contributed by atoms with Crippen molar-refractivity contribution in [3.05, 3.63) is 50.5 Å². The van der Waals surface area contributed by atoms with E-state index in [1.807, 2.05) is 30.3 Å². The first-order chi connectivity index (χ1) is 7.66. The molecule has 1 aromatic heterocycles. The molecule has 1 heterocycles. The molecule has 5 heteroatoms. The molecule has 0 unspecified atom stereocenters. The lowest BCUT2D eigenvalue weighted by atomic mass is 10.3. The van der Waals surface area contributed by atoms with Crippen molar-refractivity contribution in [1.29, 1.82) is 0 Å². The Morgan fingerprint density at radius 1 is 1.12 bits per heavy atom. The van der Waals surface area contributed by atoms with Crippen LogP contribution < -0.4 is 5.32 Å². The molecule has 0 saturated carbocycles. The summed E-state index contributed by atoms with van der Waals surface area (Å²) >= 11 is 12.7. The van der Waals surface area contributed by atoms with Crippen LogP contribution in [0.3, 0.4) is 0 Å². The van der Waals surface area contributed by atoms with Crippen molar-refractivity contribution >= 4 is 55.0 Å². The highest BCUT2D eigenvalue weighted by molar-refractivity contribution is 9.11. The number of hydrogen-bond donors (Lipinski definition) is 1. The molecule has 0 bridgehead atoms. The fraction of sp³-hybridized carbons (Fsp3) is 0. The molecule has 1 aromatic carbocycles. The van der Waals surface area contributed by atoms with Gasteiger partial charge in [-0.15, -0.1) is 0 Å². The molecule has 82 valence electrons. The fourth-order valence-corrected chi connectivity index (χ4v) is 1.96. The monoisotopic (exact) mass is 360 g/mol. The number of anilines is 2. The van der Waals surface area contributed by atoms with Crippen molar-refractivity contribution in [2.45, 2.75) is 0 Å². The third-order valence-corrected chi connectivity index (χ3v) is 3.81. The zero-order chi connectivity index (χ0) is 11.5. The summed E-state index contributed by atoms with van der Waals surface area (Å²) in [5.74, 6) is 0.770. The third kappa shape index (κ3) is 2.75. The molecule has 0 atom stereocenters. The van der Waals surface area contributed by atoms with Crippen LogP contribution in [0.2, 0.25) is 5.02 Å². The minimum absolute atomic E-state index is 0.669. The van der Waals surface area contributed by atoms with Gasteiger partial charge >= 0.3 is 0 Å². The van der Waals surface area contributed by atoms with Crippen LogP contribution in [0.1, 0.15) is 0 Å². The Hall–Kier alpha value is -0.580. The normalized spacial score (nSPS) is 10.2. The number of nitrogens with one attached hydrogen (secondary N) is 1. The third-order valence-electron chi connectivity index (χ3n) is 1.94. The number of pyridine rings is 1. The van der Waals surface area contributed by atoms with Gasteiger partial charge in [-0.3, -0.25) is 0 Å². The summed E-state index contributed by atoms with van der Waals surface area (Å²) in [6.07, 6.45) is 1.74. The number of hydrogen-bond acceptors (Lipinski definition) is 2. The zero-order valence-electron chi connectivity index (χ0n) is 8.05. The maximum Gasteiger partial charge on any atom is 0.130 e. The smallest absolute Gasteiger partial charge is 0.130 e. The van der Waals surface area contributed by atoms with Crippen LogP contribution >= 0.6 is 43.5 Å². The average Bonchev–Trinajstić information content (AvgIpc) is 2.28. The molecule has 1 N–H and O–H groups in total. The molecule has 0 fully saturated rings. The second-order valence-electron chi connectivity index (χ2n) is 3.09. The lowest BCUT2D eigenvalue weighted by Gasteiger charge is -2.08. The van der Waals surface area contributed by atoms with Gasteiger partial charge in [0.15, 0.2) is 0 Å². The predicted molar refractivity (Wildman–Crippen MR) is 74.4 cm³/mol. The summed E-state index contributed by atoms with van der Waals surface area (Å²) in [6, 6.07) is 9.45. The second kappa shape index (κ2) is 5.17. The summed E-state index contributed by atoms with van der Waals surface area (Å²) in [4.78, 5) is 4.22. The van der Waals surface area contributed by atoms with Gasteiger partial charge in [-0.1, -0.05) is 17.7 Å². The molecule has 0 radical (unpaired) electrons. The van der Waals surface area contributed by atoms with Crippen LogP contribution in [0.5, 0.6) is 0 Å².